The number of hydrogen-bond acceptors (Lipinski definition) is 1. The van der Waals surface area contributed by atoms with Crippen LogP contribution in [0.4, 0.5) is 0 Å². The van der Waals surface area contributed by atoms with E-state index in [0.717, 1.165) is 5.65 Å². The molecule has 0 saturated heterocycles. The van der Waals surface area contributed by atoms with Gasteiger partial charge in [-0.15, -0.1) is 0 Å². The van der Waals surface area contributed by atoms with Crippen LogP contribution < -0.4 is 5.43 Å². The first kappa shape index (κ1) is 8.10. The average molecular weight is 176 g/mol. The molecule has 0 aliphatic heterocycles. The molecule has 0 amide bonds. The molecule has 0 spiro atoms. The van der Waals surface area contributed by atoms with Crippen molar-refractivity contribution in [3.8, 4) is 0 Å². The van der Waals surface area contributed by atoms with E-state index in [1.165, 1.54) is 0 Å². The molecule has 0 aliphatic rings. The maximum absolute atomic E-state index is 11.1. The monoisotopic (exact) mass is 176 g/mol. The molecular weight excluding hydrogens is 164 g/mol. The molecule has 3 heteroatoms. The van der Waals surface area contributed by atoms with Gasteiger partial charge in [0.25, 0.3) is 0 Å². The highest BCUT2D eigenvalue weighted by atomic mass is 16.1. The van der Waals surface area contributed by atoms with E-state index in [1.807, 2.05) is 16.8 Å². The van der Waals surface area contributed by atoms with Crippen molar-refractivity contribution in [2.75, 3.05) is 0 Å². The number of aromatic nitrogens is 2. The molecular formula is C10H12N2O. The molecule has 2 rings (SSSR count). The fourth-order valence-electron chi connectivity index (χ4n) is 1.47. The van der Waals surface area contributed by atoms with E-state index in [0.29, 0.717) is 6.04 Å². The first-order chi connectivity index (χ1) is 6.18. The Morgan fingerprint density at radius 3 is 2.69 bits per heavy atom. The number of nitrogens with zero attached hydrogens (tertiary/aromatic N) is 2. The first-order valence-electron chi connectivity index (χ1n) is 4.37. The van der Waals surface area contributed by atoms with Crippen LogP contribution >= 0.6 is 0 Å². The molecule has 0 N–H and O–H groups in total. The number of hydrogen-bond donors (Lipinski definition) is 0. The van der Waals surface area contributed by atoms with Crippen molar-refractivity contribution in [1.29, 1.82) is 0 Å². The van der Waals surface area contributed by atoms with Gasteiger partial charge in [0.2, 0.25) is 0 Å². The zero-order valence-electron chi connectivity index (χ0n) is 7.77. The van der Waals surface area contributed by atoms with Crippen LogP contribution in [0, 0.1) is 0 Å². The van der Waals surface area contributed by atoms with Crippen molar-refractivity contribution < 1.29 is 0 Å². The highest BCUT2D eigenvalue weighted by Gasteiger charge is 2.02. The Morgan fingerprint density at radius 2 is 2.00 bits per heavy atom. The second-order valence-corrected chi connectivity index (χ2v) is 3.43. The topological polar surface area (TPSA) is 26.4 Å². The van der Waals surface area contributed by atoms with E-state index in [2.05, 4.69) is 18.4 Å². The van der Waals surface area contributed by atoms with Crippen LogP contribution in [-0.4, -0.2) is 8.97 Å². The second-order valence-electron chi connectivity index (χ2n) is 3.43. The number of fused-ring (bicyclic) bond motifs is 1. The van der Waals surface area contributed by atoms with Gasteiger partial charge in [-0.1, -0.05) is 0 Å². The van der Waals surface area contributed by atoms with Crippen molar-refractivity contribution in [2.45, 2.75) is 19.9 Å². The van der Waals surface area contributed by atoms with E-state index in [4.69, 9.17) is 0 Å². The van der Waals surface area contributed by atoms with Crippen molar-refractivity contribution in [1.82, 2.24) is 8.97 Å². The standard InChI is InChI=1S/C10H12N2O/c1-8(2)12-6-5-11-4-3-9(13)7-10(11)12/h3-8H,1-2H3. The van der Waals surface area contributed by atoms with Gasteiger partial charge in [0.05, 0.1) is 0 Å². The van der Waals surface area contributed by atoms with Crippen LogP contribution in [0.3, 0.4) is 0 Å². The molecule has 0 aliphatic carbocycles. The number of pyridine rings is 1. The summed E-state index contributed by atoms with van der Waals surface area (Å²) >= 11 is 0. The predicted octanol–water partition coefficient (Wildman–Crippen LogP) is 1.68. The molecule has 13 heavy (non-hydrogen) atoms. The Morgan fingerprint density at radius 1 is 1.23 bits per heavy atom. The van der Waals surface area contributed by atoms with E-state index in [1.54, 1.807) is 18.3 Å². The van der Waals surface area contributed by atoms with Crippen molar-refractivity contribution in [3.63, 3.8) is 0 Å². The SMILES string of the molecule is CC(C)n1ccn2ccc(=O)cc12. The molecule has 2 aromatic heterocycles. The summed E-state index contributed by atoms with van der Waals surface area (Å²) in [6.07, 6.45) is 5.73. The largest absolute Gasteiger partial charge is 0.330 e. The van der Waals surface area contributed by atoms with Crippen LogP contribution in [0.25, 0.3) is 5.65 Å². The lowest BCUT2D eigenvalue weighted by Crippen LogP contribution is -2.04. The number of rotatable bonds is 1. The maximum Gasteiger partial charge on any atom is 0.183 e. The van der Waals surface area contributed by atoms with E-state index in [-0.39, 0.29) is 5.43 Å². The lowest BCUT2D eigenvalue weighted by Gasteiger charge is -2.07. The molecule has 0 unspecified atom stereocenters. The minimum atomic E-state index is 0.0561. The normalized spacial score (nSPS) is 11.3. The molecule has 3 nitrogen and oxygen atoms in total. The van der Waals surface area contributed by atoms with E-state index >= 15 is 0 Å². The molecule has 0 saturated carbocycles. The molecule has 0 aromatic carbocycles. The summed E-state index contributed by atoms with van der Waals surface area (Å²) in [5.41, 5.74) is 1.00. The number of imidazole rings is 1. The zero-order valence-corrected chi connectivity index (χ0v) is 7.77. The maximum atomic E-state index is 11.1. The Labute approximate surface area is 76.2 Å². The van der Waals surface area contributed by atoms with Crippen LogP contribution in [0.5, 0.6) is 0 Å². The fourth-order valence-corrected chi connectivity index (χ4v) is 1.47. The third-order valence-corrected chi connectivity index (χ3v) is 2.14. The molecule has 0 fully saturated rings. The Bertz CT molecular complexity index is 479. The zero-order chi connectivity index (χ0) is 9.42. The summed E-state index contributed by atoms with van der Waals surface area (Å²) in [4.78, 5) is 11.1. The van der Waals surface area contributed by atoms with Gasteiger partial charge in [-0.2, -0.15) is 0 Å². The van der Waals surface area contributed by atoms with Gasteiger partial charge in [0.1, 0.15) is 5.65 Å². The van der Waals surface area contributed by atoms with Gasteiger partial charge >= 0.3 is 0 Å². The Kier molecular flexibility index (Phi) is 1.72. The highest BCUT2D eigenvalue weighted by molar-refractivity contribution is 5.39. The molecule has 2 heterocycles. The minimum absolute atomic E-state index is 0.0561. The van der Waals surface area contributed by atoms with Gasteiger partial charge in [-0.25, -0.2) is 0 Å². The van der Waals surface area contributed by atoms with E-state index in [9.17, 15) is 4.79 Å². The van der Waals surface area contributed by atoms with Gasteiger partial charge < -0.3 is 8.97 Å². The van der Waals surface area contributed by atoms with Gasteiger partial charge in [-0.05, 0) is 13.8 Å². The van der Waals surface area contributed by atoms with Crippen LogP contribution in [0.15, 0.2) is 35.5 Å². The Hall–Kier alpha value is -1.51. The van der Waals surface area contributed by atoms with Crippen molar-refractivity contribution in [3.05, 3.63) is 40.9 Å². The van der Waals surface area contributed by atoms with Gasteiger partial charge in [-0.3, -0.25) is 4.79 Å². The summed E-state index contributed by atoms with van der Waals surface area (Å²) in [5.74, 6) is 0. The summed E-state index contributed by atoms with van der Waals surface area (Å²) in [6, 6.07) is 3.60. The van der Waals surface area contributed by atoms with Crippen molar-refractivity contribution in [2.24, 2.45) is 0 Å². The van der Waals surface area contributed by atoms with Gasteiger partial charge in [0.15, 0.2) is 5.43 Å². The second kappa shape index (κ2) is 2.76. The lowest BCUT2D eigenvalue weighted by molar-refractivity contribution is 0.619. The Balaban J connectivity index is 2.79. The molecule has 0 radical (unpaired) electrons. The fraction of sp³-hybridized carbons (Fsp3) is 0.300. The summed E-state index contributed by atoms with van der Waals surface area (Å²) in [5, 5.41) is 0. The summed E-state index contributed by atoms with van der Waals surface area (Å²) in [6.45, 7) is 4.19. The smallest absolute Gasteiger partial charge is 0.183 e. The molecule has 0 bridgehead atoms. The highest BCUT2D eigenvalue weighted by Crippen LogP contribution is 2.10. The molecule has 0 atom stereocenters. The lowest BCUT2D eigenvalue weighted by atomic mass is 10.4. The van der Waals surface area contributed by atoms with E-state index < -0.39 is 0 Å². The first-order valence-corrected chi connectivity index (χ1v) is 4.37. The van der Waals surface area contributed by atoms with Crippen LogP contribution in [0.2, 0.25) is 0 Å². The van der Waals surface area contributed by atoms with Gasteiger partial charge in [0, 0.05) is 36.8 Å². The van der Waals surface area contributed by atoms with Crippen LogP contribution in [-0.2, 0) is 0 Å². The van der Waals surface area contributed by atoms with Crippen LogP contribution in [0.1, 0.15) is 19.9 Å². The molecule has 68 valence electrons. The third-order valence-electron chi connectivity index (χ3n) is 2.14. The average Bonchev–Trinajstić information content (AvgIpc) is 2.46. The predicted molar refractivity (Wildman–Crippen MR) is 52.0 cm³/mol. The minimum Gasteiger partial charge on any atom is -0.330 e. The summed E-state index contributed by atoms with van der Waals surface area (Å²) in [7, 11) is 0. The third kappa shape index (κ3) is 1.26. The summed E-state index contributed by atoms with van der Waals surface area (Å²) < 4.78 is 4.02. The quantitative estimate of drug-likeness (QED) is 0.649. The molecule has 2 aromatic rings. The van der Waals surface area contributed by atoms with Crippen molar-refractivity contribution >= 4 is 5.65 Å².